The van der Waals surface area contributed by atoms with Gasteiger partial charge in [-0.3, -0.25) is 4.99 Å². The van der Waals surface area contributed by atoms with Crippen LogP contribution in [0.25, 0.3) is 0 Å². The van der Waals surface area contributed by atoms with E-state index in [4.69, 9.17) is 4.74 Å². The first-order chi connectivity index (χ1) is 9.26. The van der Waals surface area contributed by atoms with Crippen LogP contribution in [0.2, 0.25) is 0 Å². The molecular weight excluding hydrogens is 238 g/mol. The number of hydrogen-bond acceptors (Lipinski definition) is 2. The van der Waals surface area contributed by atoms with Gasteiger partial charge in [0.05, 0.1) is 0 Å². The number of aliphatic imine (C=N–C) groups is 1. The summed E-state index contributed by atoms with van der Waals surface area (Å²) in [6.07, 6.45) is 7.56. The molecule has 19 heavy (non-hydrogen) atoms. The highest BCUT2D eigenvalue weighted by Gasteiger charge is 2.41. The summed E-state index contributed by atoms with van der Waals surface area (Å²) >= 11 is 0. The van der Waals surface area contributed by atoms with Crippen LogP contribution in [0.15, 0.2) is 4.99 Å². The summed E-state index contributed by atoms with van der Waals surface area (Å²) in [5.41, 5.74) is 0.468. The number of guanidine groups is 1. The van der Waals surface area contributed by atoms with E-state index in [9.17, 15) is 0 Å². The van der Waals surface area contributed by atoms with Crippen LogP contribution >= 0.6 is 0 Å². The zero-order chi connectivity index (χ0) is 14.0. The molecule has 1 aliphatic carbocycles. The predicted molar refractivity (Wildman–Crippen MR) is 81.7 cm³/mol. The highest BCUT2D eigenvalue weighted by atomic mass is 16.5. The lowest BCUT2D eigenvalue weighted by Gasteiger charge is -2.18. The first-order valence-electron chi connectivity index (χ1n) is 7.78. The lowest BCUT2D eigenvalue weighted by Crippen LogP contribution is -2.40. The zero-order valence-electron chi connectivity index (χ0n) is 12.9. The standard InChI is InChI=1S/C15H31N3O/c1-4-6-7-11-17-14(16-3)18-13-15(8-9-15)10-12-19-5-2/h4-13H2,1-3H3,(H2,16,17,18). The van der Waals surface area contributed by atoms with Crippen LogP contribution in [0.5, 0.6) is 0 Å². The van der Waals surface area contributed by atoms with E-state index in [0.717, 1.165) is 32.3 Å². The average Bonchev–Trinajstić information content (AvgIpc) is 3.19. The Hall–Kier alpha value is -0.770. The molecule has 1 saturated carbocycles. The quantitative estimate of drug-likeness (QED) is 0.364. The van der Waals surface area contributed by atoms with E-state index in [0.29, 0.717) is 5.41 Å². The third-order valence-electron chi connectivity index (χ3n) is 3.87. The minimum Gasteiger partial charge on any atom is -0.382 e. The van der Waals surface area contributed by atoms with Crippen molar-refractivity contribution in [1.82, 2.24) is 10.6 Å². The highest BCUT2D eigenvalue weighted by Crippen LogP contribution is 2.48. The Balaban J connectivity index is 2.14. The van der Waals surface area contributed by atoms with E-state index in [1.165, 1.54) is 38.5 Å². The first kappa shape index (κ1) is 16.3. The van der Waals surface area contributed by atoms with Crippen LogP contribution in [0.1, 0.15) is 52.4 Å². The van der Waals surface area contributed by atoms with Crippen molar-refractivity contribution in [1.29, 1.82) is 0 Å². The van der Waals surface area contributed by atoms with Crippen molar-refractivity contribution >= 4 is 5.96 Å². The molecule has 0 aromatic rings. The molecule has 0 bridgehead atoms. The van der Waals surface area contributed by atoms with Gasteiger partial charge >= 0.3 is 0 Å². The second kappa shape index (κ2) is 9.18. The summed E-state index contributed by atoms with van der Waals surface area (Å²) in [5.74, 6) is 0.943. The summed E-state index contributed by atoms with van der Waals surface area (Å²) in [7, 11) is 1.84. The molecule has 0 aliphatic heterocycles. The van der Waals surface area contributed by atoms with Gasteiger partial charge < -0.3 is 15.4 Å². The van der Waals surface area contributed by atoms with Gasteiger partial charge in [-0.1, -0.05) is 19.8 Å². The fourth-order valence-corrected chi connectivity index (χ4v) is 2.20. The maximum atomic E-state index is 5.46. The molecule has 0 radical (unpaired) electrons. The minimum absolute atomic E-state index is 0.468. The van der Waals surface area contributed by atoms with Gasteiger partial charge in [0, 0.05) is 33.4 Å². The van der Waals surface area contributed by atoms with Gasteiger partial charge in [0.2, 0.25) is 0 Å². The third kappa shape index (κ3) is 6.81. The van der Waals surface area contributed by atoms with E-state index >= 15 is 0 Å². The van der Waals surface area contributed by atoms with Crippen molar-refractivity contribution < 1.29 is 4.74 Å². The molecule has 4 nitrogen and oxygen atoms in total. The Kier molecular flexibility index (Phi) is 7.87. The molecule has 4 heteroatoms. The average molecular weight is 269 g/mol. The van der Waals surface area contributed by atoms with Crippen LogP contribution in [-0.4, -0.2) is 39.3 Å². The number of hydrogen-bond donors (Lipinski definition) is 2. The van der Waals surface area contributed by atoms with Crippen molar-refractivity contribution in [3.63, 3.8) is 0 Å². The predicted octanol–water partition coefficient (Wildman–Crippen LogP) is 2.55. The van der Waals surface area contributed by atoms with Crippen molar-refractivity contribution in [2.45, 2.75) is 52.4 Å². The molecule has 0 amide bonds. The van der Waals surface area contributed by atoms with E-state index in [-0.39, 0.29) is 0 Å². The largest absolute Gasteiger partial charge is 0.382 e. The second-order valence-electron chi connectivity index (χ2n) is 5.51. The SMILES string of the molecule is CCCCCNC(=NC)NCC1(CCOCC)CC1. The van der Waals surface area contributed by atoms with Gasteiger partial charge in [-0.25, -0.2) is 0 Å². The normalized spacial score (nSPS) is 17.3. The molecule has 0 unspecified atom stereocenters. The molecule has 0 aromatic carbocycles. The highest BCUT2D eigenvalue weighted by molar-refractivity contribution is 5.79. The molecule has 0 saturated heterocycles. The molecule has 1 fully saturated rings. The van der Waals surface area contributed by atoms with E-state index in [1.807, 2.05) is 7.05 Å². The van der Waals surface area contributed by atoms with Gasteiger partial charge in [-0.05, 0) is 38.0 Å². The van der Waals surface area contributed by atoms with Gasteiger partial charge in [0.1, 0.15) is 0 Å². The summed E-state index contributed by atoms with van der Waals surface area (Å²) in [4.78, 5) is 4.28. The summed E-state index contributed by atoms with van der Waals surface area (Å²) in [6.45, 7) is 8.03. The second-order valence-corrected chi connectivity index (χ2v) is 5.51. The van der Waals surface area contributed by atoms with E-state index in [1.54, 1.807) is 0 Å². The molecule has 1 rings (SSSR count). The Bertz CT molecular complexity index is 262. The molecule has 0 heterocycles. The van der Waals surface area contributed by atoms with Crippen LogP contribution in [0, 0.1) is 5.41 Å². The molecule has 0 atom stereocenters. The molecule has 2 N–H and O–H groups in total. The van der Waals surface area contributed by atoms with Crippen LogP contribution < -0.4 is 10.6 Å². The smallest absolute Gasteiger partial charge is 0.190 e. The van der Waals surface area contributed by atoms with Crippen molar-refractivity contribution in [2.24, 2.45) is 10.4 Å². The Morgan fingerprint density at radius 2 is 2.00 bits per heavy atom. The maximum Gasteiger partial charge on any atom is 0.190 e. The van der Waals surface area contributed by atoms with Crippen LogP contribution in [-0.2, 0) is 4.74 Å². The van der Waals surface area contributed by atoms with Crippen molar-refractivity contribution in [3.05, 3.63) is 0 Å². The number of nitrogens with one attached hydrogen (secondary N) is 2. The molecule has 1 aliphatic rings. The Morgan fingerprint density at radius 1 is 1.21 bits per heavy atom. The van der Waals surface area contributed by atoms with E-state index < -0.39 is 0 Å². The summed E-state index contributed by atoms with van der Waals surface area (Å²) < 4.78 is 5.46. The zero-order valence-corrected chi connectivity index (χ0v) is 12.9. The molecular formula is C15H31N3O. The summed E-state index contributed by atoms with van der Waals surface area (Å²) in [5, 5.41) is 6.84. The lowest BCUT2D eigenvalue weighted by atomic mass is 10.0. The first-order valence-corrected chi connectivity index (χ1v) is 7.78. The summed E-state index contributed by atoms with van der Waals surface area (Å²) in [6, 6.07) is 0. The third-order valence-corrected chi connectivity index (χ3v) is 3.87. The molecule has 0 aromatic heterocycles. The maximum absolute atomic E-state index is 5.46. The van der Waals surface area contributed by atoms with E-state index in [2.05, 4.69) is 29.5 Å². The monoisotopic (exact) mass is 269 g/mol. The van der Waals surface area contributed by atoms with Crippen molar-refractivity contribution in [2.75, 3.05) is 33.4 Å². The fraction of sp³-hybridized carbons (Fsp3) is 0.933. The van der Waals surface area contributed by atoms with Gasteiger partial charge in [-0.15, -0.1) is 0 Å². The Morgan fingerprint density at radius 3 is 2.58 bits per heavy atom. The topological polar surface area (TPSA) is 45.7 Å². The van der Waals surface area contributed by atoms with Crippen LogP contribution in [0.4, 0.5) is 0 Å². The number of unbranched alkanes of at least 4 members (excludes halogenated alkanes) is 2. The number of ether oxygens (including phenoxy) is 1. The Labute approximate surface area is 118 Å². The van der Waals surface area contributed by atoms with Crippen molar-refractivity contribution in [3.8, 4) is 0 Å². The van der Waals surface area contributed by atoms with Crippen LogP contribution in [0.3, 0.4) is 0 Å². The van der Waals surface area contributed by atoms with Gasteiger partial charge in [0.15, 0.2) is 5.96 Å². The molecule has 112 valence electrons. The lowest BCUT2D eigenvalue weighted by molar-refractivity contribution is 0.128. The number of rotatable bonds is 10. The molecule has 0 spiro atoms. The minimum atomic E-state index is 0.468. The van der Waals surface area contributed by atoms with Gasteiger partial charge in [-0.2, -0.15) is 0 Å². The number of nitrogens with zero attached hydrogens (tertiary/aromatic N) is 1. The fourth-order valence-electron chi connectivity index (χ4n) is 2.20. The van der Waals surface area contributed by atoms with Gasteiger partial charge in [0.25, 0.3) is 0 Å².